The van der Waals surface area contributed by atoms with Gasteiger partial charge in [0.25, 0.3) is 0 Å². The van der Waals surface area contributed by atoms with Crippen molar-refractivity contribution in [3.8, 4) is 0 Å². The van der Waals surface area contributed by atoms with Crippen LogP contribution in [-0.4, -0.2) is 17.7 Å². The van der Waals surface area contributed by atoms with E-state index < -0.39 is 11.7 Å². The number of hydrogen-bond acceptors (Lipinski definition) is 2. The quantitative estimate of drug-likeness (QED) is 0.703. The van der Waals surface area contributed by atoms with Gasteiger partial charge in [-0.15, -0.1) is 13.2 Å². The summed E-state index contributed by atoms with van der Waals surface area (Å²) in [5, 5.41) is 2.67. The third kappa shape index (κ3) is 6.29. The first kappa shape index (κ1) is 12.8. The average molecular weight is 197 g/mol. The van der Waals surface area contributed by atoms with Crippen molar-refractivity contribution in [1.29, 1.82) is 0 Å². The number of hydrogen-bond donors (Lipinski definition) is 1. The molecule has 0 saturated heterocycles. The Morgan fingerprint density at radius 3 is 2.43 bits per heavy atom. The molecule has 14 heavy (non-hydrogen) atoms. The highest BCUT2D eigenvalue weighted by molar-refractivity contribution is 5.68. The number of carbonyl (C=O) groups is 1. The molecule has 0 fully saturated rings. The lowest BCUT2D eigenvalue weighted by Crippen LogP contribution is -2.37. The van der Waals surface area contributed by atoms with E-state index in [1.54, 1.807) is 12.2 Å². The van der Waals surface area contributed by atoms with E-state index in [1.807, 2.05) is 20.8 Å². The Balaban J connectivity index is 4.03. The highest BCUT2D eigenvalue weighted by Crippen LogP contribution is 2.07. The standard InChI is InChI=1S/C11H19NO2/c1-6-8-9(7-2)12-10(13)14-11(3,4)5/h6-7,9H,1-2,8H2,3-5H3,(H,12,13). The number of nitrogens with one attached hydrogen (secondary N) is 1. The first-order valence-corrected chi connectivity index (χ1v) is 4.62. The van der Waals surface area contributed by atoms with Gasteiger partial charge in [-0.05, 0) is 27.2 Å². The van der Waals surface area contributed by atoms with Gasteiger partial charge < -0.3 is 10.1 Å². The lowest BCUT2D eigenvalue weighted by Gasteiger charge is -2.21. The van der Waals surface area contributed by atoms with Gasteiger partial charge in [-0.1, -0.05) is 12.2 Å². The summed E-state index contributed by atoms with van der Waals surface area (Å²) in [4.78, 5) is 11.3. The zero-order chi connectivity index (χ0) is 11.2. The third-order valence-electron chi connectivity index (χ3n) is 1.41. The highest BCUT2D eigenvalue weighted by atomic mass is 16.6. The smallest absolute Gasteiger partial charge is 0.408 e. The van der Waals surface area contributed by atoms with Crippen LogP contribution >= 0.6 is 0 Å². The van der Waals surface area contributed by atoms with Crippen LogP contribution in [0, 0.1) is 0 Å². The Labute approximate surface area is 85.8 Å². The highest BCUT2D eigenvalue weighted by Gasteiger charge is 2.17. The maximum atomic E-state index is 11.3. The fourth-order valence-corrected chi connectivity index (χ4v) is 0.853. The fourth-order valence-electron chi connectivity index (χ4n) is 0.853. The Kier molecular flexibility index (Phi) is 4.99. The third-order valence-corrected chi connectivity index (χ3v) is 1.41. The van der Waals surface area contributed by atoms with E-state index in [4.69, 9.17) is 4.74 Å². The van der Waals surface area contributed by atoms with Crippen molar-refractivity contribution in [2.75, 3.05) is 0 Å². The summed E-state index contributed by atoms with van der Waals surface area (Å²) in [6.07, 6.45) is 3.61. The van der Waals surface area contributed by atoms with Crippen molar-refractivity contribution >= 4 is 6.09 Å². The summed E-state index contributed by atoms with van der Waals surface area (Å²) < 4.78 is 5.08. The van der Waals surface area contributed by atoms with Crippen LogP contribution in [0.5, 0.6) is 0 Å². The van der Waals surface area contributed by atoms with Crippen molar-refractivity contribution in [3.05, 3.63) is 25.3 Å². The van der Waals surface area contributed by atoms with Crippen LogP contribution in [0.15, 0.2) is 25.3 Å². The molecule has 1 atom stereocenters. The predicted molar refractivity (Wildman–Crippen MR) is 58.2 cm³/mol. The van der Waals surface area contributed by atoms with E-state index in [1.165, 1.54) is 0 Å². The second-order valence-electron chi connectivity index (χ2n) is 4.01. The van der Waals surface area contributed by atoms with Gasteiger partial charge in [0.2, 0.25) is 0 Å². The van der Waals surface area contributed by atoms with Crippen LogP contribution in [0.2, 0.25) is 0 Å². The van der Waals surface area contributed by atoms with E-state index in [9.17, 15) is 4.79 Å². The van der Waals surface area contributed by atoms with Crippen LogP contribution in [0.3, 0.4) is 0 Å². The zero-order valence-corrected chi connectivity index (χ0v) is 9.17. The Bertz CT molecular complexity index is 216. The Morgan fingerprint density at radius 1 is 1.50 bits per heavy atom. The minimum atomic E-state index is -0.468. The molecule has 80 valence electrons. The molecule has 0 radical (unpaired) electrons. The normalized spacial score (nSPS) is 12.8. The minimum absolute atomic E-state index is 0.109. The molecule has 1 unspecified atom stereocenters. The van der Waals surface area contributed by atoms with Crippen molar-refractivity contribution < 1.29 is 9.53 Å². The molecule has 0 spiro atoms. The molecule has 0 saturated carbocycles. The van der Waals surface area contributed by atoms with E-state index >= 15 is 0 Å². The lowest BCUT2D eigenvalue weighted by molar-refractivity contribution is 0.0515. The van der Waals surface area contributed by atoms with E-state index in [-0.39, 0.29) is 6.04 Å². The molecule has 1 N–H and O–H groups in total. The molecule has 0 heterocycles. The van der Waals surface area contributed by atoms with Crippen LogP contribution in [0.4, 0.5) is 4.79 Å². The second-order valence-corrected chi connectivity index (χ2v) is 4.01. The lowest BCUT2D eigenvalue weighted by atomic mass is 10.2. The van der Waals surface area contributed by atoms with E-state index in [2.05, 4.69) is 18.5 Å². The molecule has 0 aliphatic carbocycles. The number of rotatable bonds is 4. The Morgan fingerprint density at radius 2 is 2.07 bits per heavy atom. The largest absolute Gasteiger partial charge is 0.444 e. The molecule has 0 bridgehead atoms. The van der Waals surface area contributed by atoms with E-state index in [0.717, 1.165) is 0 Å². The number of ether oxygens (including phenoxy) is 1. The van der Waals surface area contributed by atoms with Gasteiger partial charge in [-0.3, -0.25) is 0 Å². The molecule has 0 aliphatic heterocycles. The van der Waals surface area contributed by atoms with Crippen LogP contribution in [0.1, 0.15) is 27.2 Å². The predicted octanol–water partition coefficient (Wildman–Crippen LogP) is 2.64. The number of alkyl carbamates (subject to hydrolysis) is 1. The van der Waals surface area contributed by atoms with Gasteiger partial charge in [-0.2, -0.15) is 0 Å². The molecule has 0 aliphatic rings. The molecular weight excluding hydrogens is 178 g/mol. The van der Waals surface area contributed by atoms with Gasteiger partial charge in [0.1, 0.15) is 5.60 Å². The second kappa shape index (κ2) is 5.47. The van der Waals surface area contributed by atoms with E-state index in [0.29, 0.717) is 6.42 Å². The van der Waals surface area contributed by atoms with Crippen molar-refractivity contribution in [1.82, 2.24) is 5.32 Å². The van der Waals surface area contributed by atoms with Gasteiger partial charge in [0, 0.05) is 0 Å². The summed E-state index contributed by atoms with van der Waals surface area (Å²) >= 11 is 0. The fraction of sp³-hybridized carbons (Fsp3) is 0.545. The van der Waals surface area contributed by atoms with Crippen LogP contribution < -0.4 is 5.32 Å². The topological polar surface area (TPSA) is 38.3 Å². The van der Waals surface area contributed by atoms with Crippen molar-refractivity contribution in [2.45, 2.75) is 38.8 Å². The number of carbonyl (C=O) groups excluding carboxylic acids is 1. The first-order valence-electron chi connectivity index (χ1n) is 4.62. The zero-order valence-electron chi connectivity index (χ0n) is 9.17. The molecule has 3 nitrogen and oxygen atoms in total. The SMILES string of the molecule is C=CCC(C=C)NC(=O)OC(C)(C)C. The summed E-state index contributed by atoms with van der Waals surface area (Å²) in [5.41, 5.74) is -0.468. The summed E-state index contributed by atoms with van der Waals surface area (Å²) in [7, 11) is 0. The minimum Gasteiger partial charge on any atom is -0.444 e. The van der Waals surface area contributed by atoms with Crippen LogP contribution in [-0.2, 0) is 4.74 Å². The average Bonchev–Trinajstić information content (AvgIpc) is 2.00. The molecule has 0 rings (SSSR count). The van der Waals surface area contributed by atoms with Gasteiger partial charge in [0.15, 0.2) is 0 Å². The molecular formula is C11H19NO2. The first-order chi connectivity index (χ1) is 6.39. The summed E-state index contributed by atoms with van der Waals surface area (Å²) in [6.45, 7) is 12.7. The molecule has 1 amide bonds. The van der Waals surface area contributed by atoms with Gasteiger partial charge in [0.05, 0.1) is 6.04 Å². The van der Waals surface area contributed by atoms with Crippen molar-refractivity contribution in [2.24, 2.45) is 0 Å². The maximum absolute atomic E-state index is 11.3. The van der Waals surface area contributed by atoms with Crippen LogP contribution in [0.25, 0.3) is 0 Å². The maximum Gasteiger partial charge on any atom is 0.408 e. The summed E-state index contributed by atoms with van der Waals surface area (Å²) in [5.74, 6) is 0. The molecule has 3 heteroatoms. The summed E-state index contributed by atoms with van der Waals surface area (Å²) in [6, 6.07) is -0.109. The van der Waals surface area contributed by atoms with Crippen molar-refractivity contribution in [3.63, 3.8) is 0 Å². The Hall–Kier alpha value is -1.25. The number of amides is 1. The monoisotopic (exact) mass is 197 g/mol. The molecule has 0 aromatic heterocycles. The van der Waals surface area contributed by atoms with Gasteiger partial charge >= 0.3 is 6.09 Å². The van der Waals surface area contributed by atoms with Gasteiger partial charge in [-0.25, -0.2) is 4.79 Å². The molecule has 0 aromatic rings. The molecule has 0 aromatic carbocycles.